The zero-order valence-corrected chi connectivity index (χ0v) is 15.5. The summed E-state index contributed by atoms with van der Waals surface area (Å²) in [6.45, 7) is 2.91. The van der Waals surface area contributed by atoms with Crippen LogP contribution in [0.1, 0.15) is 29.6 Å². The van der Waals surface area contributed by atoms with Crippen LogP contribution in [0.5, 0.6) is 0 Å². The molecule has 1 fully saturated rings. The first-order valence-electron chi connectivity index (χ1n) is 9.40. The van der Waals surface area contributed by atoms with Crippen LogP contribution < -0.4 is 4.90 Å². The Balaban J connectivity index is 1.28. The van der Waals surface area contributed by atoms with Gasteiger partial charge in [0.2, 0.25) is 0 Å². The van der Waals surface area contributed by atoms with Gasteiger partial charge in [-0.2, -0.15) is 0 Å². The van der Waals surface area contributed by atoms with Gasteiger partial charge in [-0.25, -0.2) is 0 Å². The number of aromatic nitrogens is 4. The highest BCUT2D eigenvalue weighted by molar-refractivity contribution is 5.94. The molecule has 1 saturated heterocycles. The number of pyridine rings is 2. The highest BCUT2D eigenvalue weighted by atomic mass is 16.2. The fraction of sp³-hybridized carbons (Fsp3) is 0.400. The van der Waals surface area contributed by atoms with Gasteiger partial charge in [0.1, 0.15) is 6.33 Å². The van der Waals surface area contributed by atoms with Crippen LogP contribution in [-0.4, -0.2) is 57.1 Å². The fourth-order valence-electron chi connectivity index (χ4n) is 3.69. The lowest BCUT2D eigenvalue weighted by atomic mass is 9.93. The van der Waals surface area contributed by atoms with E-state index in [2.05, 4.69) is 32.2 Å². The Morgan fingerprint density at radius 3 is 2.74 bits per heavy atom. The van der Waals surface area contributed by atoms with Crippen molar-refractivity contribution in [3.8, 4) is 0 Å². The fourth-order valence-corrected chi connectivity index (χ4v) is 3.69. The molecule has 3 aromatic rings. The van der Waals surface area contributed by atoms with E-state index >= 15 is 0 Å². The summed E-state index contributed by atoms with van der Waals surface area (Å²) in [5, 5.41) is 7.82. The van der Waals surface area contributed by atoms with Crippen LogP contribution in [0.4, 0.5) is 5.69 Å². The molecule has 0 spiro atoms. The van der Waals surface area contributed by atoms with Gasteiger partial charge in [-0.05, 0) is 49.4 Å². The van der Waals surface area contributed by atoms with Gasteiger partial charge < -0.3 is 9.80 Å². The van der Waals surface area contributed by atoms with Crippen molar-refractivity contribution in [2.45, 2.75) is 19.3 Å². The van der Waals surface area contributed by atoms with E-state index in [-0.39, 0.29) is 5.91 Å². The molecule has 0 aromatic carbocycles. The second kappa shape index (κ2) is 7.73. The molecule has 1 aliphatic heterocycles. The largest absolute Gasteiger partial charge is 0.371 e. The third-order valence-electron chi connectivity index (χ3n) is 5.40. The summed E-state index contributed by atoms with van der Waals surface area (Å²) in [4.78, 5) is 21.0. The molecule has 1 aliphatic rings. The van der Waals surface area contributed by atoms with Crippen molar-refractivity contribution in [2.75, 3.05) is 31.6 Å². The SMILES string of the molecule is CN(CCC1CCN(c2ccncc2)CC1)C(=O)c1ccc2nncn2c1. The number of hydrogen-bond donors (Lipinski definition) is 0. The minimum absolute atomic E-state index is 0.0415. The van der Waals surface area contributed by atoms with Gasteiger partial charge in [0.15, 0.2) is 5.65 Å². The highest BCUT2D eigenvalue weighted by Crippen LogP contribution is 2.25. The molecule has 7 heteroatoms. The zero-order chi connectivity index (χ0) is 18.6. The van der Waals surface area contributed by atoms with Gasteiger partial charge in [0.05, 0.1) is 5.56 Å². The molecule has 7 nitrogen and oxygen atoms in total. The van der Waals surface area contributed by atoms with Crippen molar-refractivity contribution in [1.82, 2.24) is 24.5 Å². The van der Waals surface area contributed by atoms with E-state index in [4.69, 9.17) is 0 Å². The molecule has 3 aromatic heterocycles. The van der Waals surface area contributed by atoms with Crippen LogP contribution in [0, 0.1) is 5.92 Å². The maximum absolute atomic E-state index is 12.7. The van der Waals surface area contributed by atoms with Crippen molar-refractivity contribution in [3.05, 3.63) is 54.7 Å². The molecular weight excluding hydrogens is 340 g/mol. The molecule has 0 unspecified atom stereocenters. The first kappa shape index (κ1) is 17.5. The van der Waals surface area contributed by atoms with Gasteiger partial charge in [0.25, 0.3) is 5.91 Å². The summed E-state index contributed by atoms with van der Waals surface area (Å²) in [7, 11) is 1.88. The number of fused-ring (bicyclic) bond motifs is 1. The van der Waals surface area contributed by atoms with Crippen molar-refractivity contribution >= 4 is 17.2 Å². The Kier molecular flexibility index (Phi) is 5.00. The molecule has 0 aliphatic carbocycles. The summed E-state index contributed by atoms with van der Waals surface area (Å²) < 4.78 is 1.77. The molecule has 0 atom stereocenters. The van der Waals surface area contributed by atoms with Crippen LogP contribution in [0.25, 0.3) is 5.65 Å². The molecule has 0 bridgehead atoms. The van der Waals surface area contributed by atoms with Crippen molar-refractivity contribution in [2.24, 2.45) is 5.92 Å². The van der Waals surface area contributed by atoms with Crippen molar-refractivity contribution in [1.29, 1.82) is 0 Å². The Bertz CT molecular complexity index is 901. The Morgan fingerprint density at radius 2 is 1.96 bits per heavy atom. The Hall–Kier alpha value is -2.96. The average Bonchev–Trinajstić information content (AvgIpc) is 3.20. The average molecular weight is 364 g/mol. The van der Waals surface area contributed by atoms with E-state index in [1.54, 1.807) is 16.9 Å². The monoisotopic (exact) mass is 364 g/mol. The van der Waals surface area contributed by atoms with Crippen LogP contribution in [-0.2, 0) is 0 Å². The second-order valence-corrected chi connectivity index (χ2v) is 7.17. The smallest absolute Gasteiger partial charge is 0.255 e. The van der Waals surface area contributed by atoms with Gasteiger partial charge in [0, 0.05) is 51.0 Å². The third kappa shape index (κ3) is 3.92. The number of carbonyl (C=O) groups is 1. The van der Waals surface area contributed by atoms with Crippen LogP contribution in [0.2, 0.25) is 0 Å². The molecule has 1 amide bonds. The van der Waals surface area contributed by atoms with Crippen molar-refractivity contribution < 1.29 is 4.79 Å². The van der Waals surface area contributed by atoms with Gasteiger partial charge in [-0.1, -0.05) is 0 Å². The van der Waals surface area contributed by atoms with Gasteiger partial charge in [-0.15, -0.1) is 10.2 Å². The van der Waals surface area contributed by atoms with E-state index in [0.29, 0.717) is 11.5 Å². The maximum Gasteiger partial charge on any atom is 0.255 e. The summed E-state index contributed by atoms with van der Waals surface area (Å²) in [5.41, 5.74) is 2.66. The number of anilines is 1. The number of amides is 1. The first-order valence-corrected chi connectivity index (χ1v) is 9.40. The molecule has 4 rings (SSSR count). The normalized spacial score (nSPS) is 15.2. The lowest BCUT2D eigenvalue weighted by molar-refractivity contribution is 0.0784. The van der Waals surface area contributed by atoms with Crippen LogP contribution >= 0.6 is 0 Å². The van der Waals surface area contributed by atoms with Gasteiger partial charge >= 0.3 is 0 Å². The molecule has 0 saturated carbocycles. The summed E-state index contributed by atoms with van der Waals surface area (Å²) >= 11 is 0. The lowest BCUT2D eigenvalue weighted by Gasteiger charge is -2.34. The van der Waals surface area contributed by atoms with E-state index in [1.807, 2.05) is 36.5 Å². The zero-order valence-electron chi connectivity index (χ0n) is 15.5. The Morgan fingerprint density at radius 1 is 1.19 bits per heavy atom. The number of carbonyl (C=O) groups excluding carboxylic acids is 1. The standard InChI is InChI=1S/C20H24N6O/c1-24(20(27)17-2-3-19-23-22-15-26(19)14-17)11-6-16-7-12-25(13-8-16)18-4-9-21-10-5-18/h2-5,9-10,14-16H,6-8,11-13H2,1H3. The number of piperidine rings is 1. The predicted molar refractivity (Wildman–Crippen MR) is 104 cm³/mol. The molecule has 140 valence electrons. The lowest BCUT2D eigenvalue weighted by Crippen LogP contribution is -2.35. The van der Waals surface area contributed by atoms with E-state index in [0.717, 1.165) is 44.5 Å². The predicted octanol–water partition coefficient (Wildman–Crippen LogP) is 2.50. The Labute approximate surface area is 158 Å². The topological polar surface area (TPSA) is 66.6 Å². The molecule has 4 heterocycles. The minimum atomic E-state index is 0.0415. The molecule has 0 radical (unpaired) electrons. The van der Waals surface area contributed by atoms with E-state index < -0.39 is 0 Å². The highest BCUT2D eigenvalue weighted by Gasteiger charge is 2.21. The summed E-state index contributed by atoms with van der Waals surface area (Å²) in [6.07, 6.45) is 10.5. The first-order chi connectivity index (χ1) is 13.2. The van der Waals surface area contributed by atoms with Crippen LogP contribution in [0.3, 0.4) is 0 Å². The summed E-state index contributed by atoms with van der Waals surface area (Å²) in [6, 6.07) is 7.78. The summed E-state index contributed by atoms with van der Waals surface area (Å²) in [5.74, 6) is 0.707. The van der Waals surface area contributed by atoms with E-state index in [1.165, 1.54) is 5.69 Å². The molecular formula is C20H24N6O. The second-order valence-electron chi connectivity index (χ2n) is 7.17. The van der Waals surface area contributed by atoms with Crippen molar-refractivity contribution in [3.63, 3.8) is 0 Å². The maximum atomic E-state index is 12.7. The third-order valence-corrected chi connectivity index (χ3v) is 5.40. The van der Waals surface area contributed by atoms with Crippen LogP contribution in [0.15, 0.2) is 49.2 Å². The molecule has 0 N–H and O–H groups in total. The number of hydrogen-bond acceptors (Lipinski definition) is 5. The quantitative estimate of drug-likeness (QED) is 0.696. The number of nitrogens with zero attached hydrogens (tertiary/aromatic N) is 6. The number of rotatable bonds is 5. The minimum Gasteiger partial charge on any atom is -0.371 e. The van der Waals surface area contributed by atoms with E-state index in [9.17, 15) is 4.79 Å². The van der Waals surface area contributed by atoms with Gasteiger partial charge in [-0.3, -0.25) is 14.2 Å². The molecule has 27 heavy (non-hydrogen) atoms.